The minimum absolute atomic E-state index is 0.745. The molecule has 21 heavy (non-hydrogen) atoms. The molecule has 0 amide bonds. The summed E-state index contributed by atoms with van der Waals surface area (Å²) in [5.74, 6) is -1.07. The zero-order valence-corrected chi connectivity index (χ0v) is 15.7. The van der Waals surface area contributed by atoms with E-state index >= 15 is 0 Å². The molecule has 0 aliphatic carbocycles. The zero-order valence-electron chi connectivity index (χ0n) is 10.1. The van der Waals surface area contributed by atoms with Crippen molar-refractivity contribution in [1.82, 2.24) is 0 Å². The molecule has 5 rings (SSSR count). The third kappa shape index (κ3) is 3.05. The van der Waals surface area contributed by atoms with Gasteiger partial charge < -0.3 is 0 Å². The molecule has 0 radical (unpaired) electrons. The van der Waals surface area contributed by atoms with Crippen LogP contribution in [0.3, 0.4) is 0 Å². The Morgan fingerprint density at radius 1 is 1.00 bits per heavy atom. The van der Waals surface area contributed by atoms with E-state index in [-0.39, 0.29) is 0 Å². The van der Waals surface area contributed by atoms with Crippen molar-refractivity contribution < 1.29 is 48.2 Å². The monoisotopic (exact) mass is 544 g/mol. The maximum atomic E-state index is 11.7. The minimum atomic E-state index is -4.72. The summed E-state index contributed by atoms with van der Waals surface area (Å²) in [6, 6.07) is 0. The average molecular weight is 543 g/mol. The first-order valence-electron chi connectivity index (χ1n) is 5.55. The molecule has 12 nitrogen and oxygen atoms in total. The van der Waals surface area contributed by atoms with Crippen LogP contribution in [0.4, 0.5) is 0 Å². The number of phosphoric acid groups is 2. The molecule has 5 saturated heterocycles. The number of carbonyl (C=O) groups is 1. The first-order valence-corrected chi connectivity index (χ1v) is 14.8. The van der Waals surface area contributed by atoms with E-state index in [1.54, 1.807) is 0 Å². The van der Waals surface area contributed by atoms with Crippen molar-refractivity contribution in [2.45, 2.75) is 18.3 Å². The van der Waals surface area contributed by atoms with Crippen LogP contribution in [0.25, 0.3) is 0 Å². The van der Waals surface area contributed by atoms with Gasteiger partial charge in [-0.2, -0.15) is 0 Å². The summed E-state index contributed by atoms with van der Waals surface area (Å²) in [5.41, 5.74) is 0. The molecule has 5 heterocycles. The maximum absolute atomic E-state index is 11.7. The van der Waals surface area contributed by atoms with E-state index in [1.165, 1.54) is 0 Å². The third-order valence-corrected chi connectivity index (χ3v) is 26.3. The van der Waals surface area contributed by atoms with Crippen molar-refractivity contribution >= 4 is 44.4 Å². The number of hydrogen-bond acceptors (Lipinski definition) is 12. The van der Waals surface area contributed by atoms with Crippen LogP contribution in [-0.4, -0.2) is 75.6 Å². The number of aliphatic hydroxyl groups is 3. The SMILES string of the molecule is O=C1COP2(=O)[O][Pb]3([O]2)[O]P(=O)(OC[C@H](O)[C@H](O)[C@@H]1O)[O]3. The van der Waals surface area contributed by atoms with Crippen LogP contribution in [0.1, 0.15) is 0 Å². The number of ketones is 1. The molecule has 5 fully saturated rings. The third-order valence-electron chi connectivity index (χ3n) is 2.71. The van der Waals surface area contributed by atoms with Crippen molar-refractivity contribution in [3.63, 3.8) is 0 Å². The topological polar surface area (TPSA) is 167 Å². The summed E-state index contributed by atoms with van der Waals surface area (Å²) >= 11 is -4.72. The molecule has 3 N–H and O–H groups in total. The normalized spacial score (nSPS) is 54.4. The zero-order chi connectivity index (χ0) is 15.5. The van der Waals surface area contributed by atoms with Crippen LogP contribution in [0.2, 0.25) is 0 Å². The van der Waals surface area contributed by atoms with E-state index in [0.29, 0.717) is 0 Å². The fraction of sp³-hybridized carbons (Fsp3) is 0.833. The van der Waals surface area contributed by atoms with Gasteiger partial charge in [0.15, 0.2) is 0 Å². The Kier molecular flexibility index (Phi) is 4.22. The van der Waals surface area contributed by atoms with Gasteiger partial charge in [0.2, 0.25) is 0 Å². The van der Waals surface area contributed by atoms with Gasteiger partial charge in [0.1, 0.15) is 0 Å². The summed E-state index contributed by atoms with van der Waals surface area (Å²) < 4.78 is 51.8. The standard InChI is InChI=1S/C6H14O12P2.Pb/c7-3(1-17-19(11,12)13)5(9)6(10)4(8)2-18-20(14,15)16;/h3,5-7,9-10H,1-2H2,(H2,11,12,13)(H2,14,15,16);/q;+4/p-4/t3-,5-,6+;/m0./s1. The molecule has 3 atom stereocenters. The summed E-state index contributed by atoms with van der Waals surface area (Å²) in [5, 5.41) is 28.6. The van der Waals surface area contributed by atoms with Gasteiger partial charge >= 0.3 is 124 Å². The van der Waals surface area contributed by atoms with Gasteiger partial charge in [-0.25, -0.2) is 0 Å². The molecular formula is C6H10O12P2Pb. The van der Waals surface area contributed by atoms with E-state index in [4.69, 9.17) is 9.90 Å². The van der Waals surface area contributed by atoms with Crippen molar-refractivity contribution in [3.05, 3.63) is 0 Å². The second-order valence-corrected chi connectivity index (χ2v) is 19.7. The molecule has 0 aromatic rings. The first-order chi connectivity index (χ1) is 9.66. The molecule has 0 saturated carbocycles. The van der Waals surface area contributed by atoms with E-state index in [1.807, 2.05) is 0 Å². The Bertz CT molecular complexity index is 542. The molecule has 1 spiro atoms. The number of hydrogen-bond donors (Lipinski definition) is 3. The Labute approximate surface area is 124 Å². The molecule has 0 aromatic heterocycles. The van der Waals surface area contributed by atoms with Crippen LogP contribution in [0, 0.1) is 0 Å². The van der Waals surface area contributed by atoms with Gasteiger partial charge in [-0.1, -0.05) is 0 Å². The number of Topliss-reactive ketones (excluding diaryl/α,β-unsaturated/α-hetero) is 1. The molecule has 120 valence electrons. The Balaban J connectivity index is 1.78. The molecule has 0 unspecified atom stereocenters. The van der Waals surface area contributed by atoms with Crippen LogP contribution in [0.5, 0.6) is 0 Å². The van der Waals surface area contributed by atoms with Gasteiger partial charge in [0.25, 0.3) is 0 Å². The van der Waals surface area contributed by atoms with Crippen LogP contribution >= 0.6 is 15.6 Å². The van der Waals surface area contributed by atoms with Crippen LogP contribution in [-0.2, 0) is 32.9 Å². The van der Waals surface area contributed by atoms with Gasteiger partial charge in [-0.05, 0) is 0 Å². The van der Waals surface area contributed by atoms with Crippen LogP contribution in [0.15, 0.2) is 0 Å². The quantitative estimate of drug-likeness (QED) is 0.238. The van der Waals surface area contributed by atoms with Crippen LogP contribution < -0.4 is 0 Å². The molecule has 5 aliphatic heterocycles. The van der Waals surface area contributed by atoms with E-state index in [9.17, 15) is 29.2 Å². The summed E-state index contributed by atoms with van der Waals surface area (Å²) in [4.78, 5) is 11.5. The Hall–Kier alpha value is 0.692. The predicted molar refractivity (Wildman–Crippen MR) is 60.2 cm³/mol. The van der Waals surface area contributed by atoms with E-state index < -0.39 is 75.9 Å². The summed E-state index contributed by atoms with van der Waals surface area (Å²) in [7, 11) is -8.10. The second-order valence-electron chi connectivity index (χ2n) is 4.30. The second kappa shape index (κ2) is 5.36. The van der Waals surface area contributed by atoms with Gasteiger partial charge in [-0.3, -0.25) is 0 Å². The molecule has 0 aromatic carbocycles. The Morgan fingerprint density at radius 3 is 2.10 bits per heavy atom. The van der Waals surface area contributed by atoms with Crippen molar-refractivity contribution in [2.75, 3.05) is 13.2 Å². The molecule has 15 heteroatoms. The van der Waals surface area contributed by atoms with E-state index in [0.717, 1.165) is 0 Å². The fourth-order valence-corrected chi connectivity index (χ4v) is 24.3. The van der Waals surface area contributed by atoms with Crippen molar-refractivity contribution in [1.29, 1.82) is 0 Å². The van der Waals surface area contributed by atoms with Gasteiger partial charge in [0, 0.05) is 0 Å². The van der Waals surface area contributed by atoms with Crippen molar-refractivity contribution in [2.24, 2.45) is 0 Å². The average Bonchev–Trinajstić information content (AvgIpc) is 2.36. The first kappa shape index (κ1) is 16.5. The summed E-state index contributed by atoms with van der Waals surface area (Å²) in [6.07, 6.45) is -5.72. The molecular weight excluding hydrogens is 533 g/mol. The molecule has 3 bridgehead atoms. The van der Waals surface area contributed by atoms with Gasteiger partial charge in [0.05, 0.1) is 0 Å². The Morgan fingerprint density at radius 2 is 1.52 bits per heavy atom. The van der Waals surface area contributed by atoms with Gasteiger partial charge in [-0.15, -0.1) is 0 Å². The summed E-state index contributed by atoms with van der Waals surface area (Å²) in [6.45, 7) is -1.64. The van der Waals surface area contributed by atoms with E-state index in [2.05, 4.69) is 9.05 Å². The van der Waals surface area contributed by atoms with Crippen molar-refractivity contribution in [3.8, 4) is 0 Å². The number of carbonyl (C=O) groups excluding carboxylic acids is 1. The number of rotatable bonds is 0. The number of aliphatic hydroxyl groups excluding tert-OH is 3. The fourth-order valence-electron chi connectivity index (χ4n) is 1.63. The molecule has 5 aliphatic rings. The predicted octanol–water partition coefficient (Wildman–Crippen LogP) is -1.57.